The highest BCUT2D eigenvalue weighted by molar-refractivity contribution is 7.89. The smallest absolute Gasteiger partial charge is 0.309 e. The molecule has 2 aromatic rings. The third-order valence-electron chi connectivity index (χ3n) is 5.95. The van der Waals surface area contributed by atoms with Gasteiger partial charge in [0.15, 0.2) is 11.5 Å². The monoisotopic (exact) mass is 475 g/mol. The molecule has 9 heteroatoms. The first kappa shape index (κ1) is 23.4. The van der Waals surface area contributed by atoms with Crippen LogP contribution in [0.1, 0.15) is 30.4 Å². The summed E-state index contributed by atoms with van der Waals surface area (Å²) in [6.45, 7) is 3.62. The zero-order chi connectivity index (χ0) is 23.4. The molecule has 2 heterocycles. The second-order valence-electron chi connectivity index (χ2n) is 8.26. The van der Waals surface area contributed by atoms with Crippen molar-refractivity contribution in [1.82, 2.24) is 4.31 Å². The maximum atomic E-state index is 13.1. The lowest BCUT2D eigenvalue weighted by molar-refractivity contribution is -0.151. The lowest BCUT2D eigenvalue weighted by Crippen LogP contribution is -2.40. The number of hydrogen-bond acceptors (Lipinski definition) is 7. The lowest BCUT2D eigenvalue weighted by atomic mass is 9.98. The van der Waals surface area contributed by atoms with E-state index in [1.165, 1.54) is 10.4 Å². The van der Waals surface area contributed by atoms with Crippen LogP contribution in [0.4, 0.5) is 0 Å². The van der Waals surface area contributed by atoms with Crippen LogP contribution < -0.4 is 14.2 Å². The predicted octanol–water partition coefficient (Wildman–Crippen LogP) is 3.31. The molecule has 33 heavy (non-hydrogen) atoms. The quantitative estimate of drug-likeness (QED) is 0.592. The second-order valence-corrected chi connectivity index (χ2v) is 10.2. The van der Waals surface area contributed by atoms with Gasteiger partial charge in [0, 0.05) is 31.1 Å². The minimum absolute atomic E-state index is 0.124. The van der Waals surface area contributed by atoms with Gasteiger partial charge in [-0.15, -0.1) is 0 Å². The summed E-state index contributed by atoms with van der Waals surface area (Å²) in [6, 6.07) is 10.4. The van der Waals surface area contributed by atoms with Crippen LogP contribution in [0.5, 0.6) is 17.2 Å². The number of benzene rings is 2. The van der Waals surface area contributed by atoms with E-state index in [2.05, 4.69) is 0 Å². The number of piperidine rings is 1. The van der Waals surface area contributed by atoms with E-state index in [0.717, 1.165) is 17.5 Å². The molecule has 1 saturated heterocycles. The number of rotatable bonds is 6. The Hall–Kier alpha value is -2.78. The summed E-state index contributed by atoms with van der Waals surface area (Å²) in [7, 11) is -2.12. The third kappa shape index (κ3) is 5.25. The van der Waals surface area contributed by atoms with Crippen LogP contribution in [0.15, 0.2) is 41.3 Å². The van der Waals surface area contributed by atoms with E-state index in [-0.39, 0.29) is 36.5 Å². The molecule has 0 unspecified atom stereocenters. The molecule has 2 aromatic carbocycles. The van der Waals surface area contributed by atoms with Gasteiger partial charge in [0.2, 0.25) is 10.0 Å². The largest absolute Gasteiger partial charge is 0.496 e. The van der Waals surface area contributed by atoms with Crippen molar-refractivity contribution in [2.45, 2.75) is 37.7 Å². The summed E-state index contributed by atoms with van der Waals surface area (Å²) in [6.07, 6.45) is 1.57. The molecule has 0 aromatic heterocycles. The topological polar surface area (TPSA) is 91.4 Å². The Balaban J connectivity index is 1.36. The fourth-order valence-corrected chi connectivity index (χ4v) is 5.56. The molecule has 2 aliphatic rings. The first-order valence-corrected chi connectivity index (χ1v) is 12.5. The molecule has 0 saturated carbocycles. The molecule has 4 rings (SSSR count). The first-order chi connectivity index (χ1) is 15.9. The minimum atomic E-state index is -3.70. The number of sulfonamides is 1. The number of hydrogen-bond donors (Lipinski definition) is 0. The van der Waals surface area contributed by atoms with Gasteiger partial charge >= 0.3 is 5.97 Å². The fraction of sp³-hybridized carbons (Fsp3) is 0.458. The van der Waals surface area contributed by atoms with E-state index >= 15 is 0 Å². The number of carbonyl (C=O) groups is 1. The highest BCUT2D eigenvalue weighted by Crippen LogP contribution is 2.34. The molecule has 2 aliphatic heterocycles. The zero-order valence-electron chi connectivity index (χ0n) is 18.9. The Kier molecular flexibility index (Phi) is 7.09. The first-order valence-electron chi connectivity index (χ1n) is 11.1. The number of esters is 1. The predicted molar refractivity (Wildman–Crippen MR) is 121 cm³/mol. The molecule has 0 bridgehead atoms. The average Bonchev–Trinajstić information content (AvgIpc) is 3.07. The van der Waals surface area contributed by atoms with Gasteiger partial charge < -0.3 is 18.9 Å². The summed E-state index contributed by atoms with van der Waals surface area (Å²) in [5.74, 6) is 1.02. The average molecular weight is 476 g/mol. The Morgan fingerprint density at radius 3 is 2.52 bits per heavy atom. The van der Waals surface area contributed by atoms with Crippen LogP contribution in [0.3, 0.4) is 0 Å². The molecule has 0 aliphatic carbocycles. The molecule has 0 atom stereocenters. The lowest BCUT2D eigenvalue weighted by Gasteiger charge is -2.30. The fourth-order valence-electron chi connectivity index (χ4n) is 4.07. The van der Waals surface area contributed by atoms with E-state index in [1.807, 2.05) is 25.1 Å². The Labute approximate surface area is 194 Å². The van der Waals surface area contributed by atoms with Crippen molar-refractivity contribution in [2.75, 3.05) is 33.4 Å². The molecule has 178 valence electrons. The Morgan fingerprint density at radius 1 is 1.06 bits per heavy atom. The molecule has 0 N–H and O–H groups in total. The number of carbonyl (C=O) groups excluding carboxylic acids is 1. The van der Waals surface area contributed by atoms with E-state index in [0.29, 0.717) is 43.3 Å². The molecule has 8 nitrogen and oxygen atoms in total. The summed E-state index contributed by atoms with van der Waals surface area (Å²) >= 11 is 0. The van der Waals surface area contributed by atoms with Gasteiger partial charge in [-0.25, -0.2) is 8.42 Å². The van der Waals surface area contributed by atoms with E-state index < -0.39 is 10.0 Å². The second kappa shape index (κ2) is 10.0. The minimum Gasteiger partial charge on any atom is -0.496 e. The summed E-state index contributed by atoms with van der Waals surface area (Å²) in [4.78, 5) is 12.8. The summed E-state index contributed by atoms with van der Waals surface area (Å²) in [5, 5.41) is 0. The standard InChI is InChI=1S/C24H29NO7S/c1-17-4-6-21(29-2)19(14-17)16-32-24(26)18-8-10-25(11-9-18)33(27,28)20-5-7-22-23(15-20)31-13-3-12-30-22/h4-7,14-15,18H,3,8-13,16H2,1-2H3. The van der Waals surface area contributed by atoms with Crippen LogP contribution in [0, 0.1) is 12.8 Å². The maximum absolute atomic E-state index is 13.1. The van der Waals surface area contributed by atoms with Crippen LogP contribution in [0.25, 0.3) is 0 Å². The highest BCUT2D eigenvalue weighted by atomic mass is 32.2. The van der Waals surface area contributed by atoms with Crippen molar-refractivity contribution < 1.29 is 32.2 Å². The van der Waals surface area contributed by atoms with Gasteiger partial charge in [-0.05, 0) is 44.0 Å². The Morgan fingerprint density at radius 2 is 1.79 bits per heavy atom. The van der Waals surface area contributed by atoms with Crippen molar-refractivity contribution in [3.05, 3.63) is 47.5 Å². The summed E-state index contributed by atoms with van der Waals surface area (Å²) < 4.78 is 49.8. The van der Waals surface area contributed by atoms with Gasteiger partial charge in [-0.2, -0.15) is 4.31 Å². The van der Waals surface area contributed by atoms with Gasteiger partial charge in [0.25, 0.3) is 0 Å². The maximum Gasteiger partial charge on any atom is 0.309 e. The van der Waals surface area contributed by atoms with E-state index in [1.54, 1.807) is 19.2 Å². The van der Waals surface area contributed by atoms with Gasteiger partial charge in [-0.1, -0.05) is 11.6 Å². The highest BCUT2D eigenvalue weighted by Gasteiger charge is 2.33. The van der Waals surface area contributed by atoms with Crippen molar-refractivity contribution in [3.63, 3.8) is 0 Å². The van der Waals surface area contributed by atoms with E-state index in [4.69, 9.17) is 18.9 Å². The number of fused-ring (bicyclic) bond motifs is 1. The van der Waals surface area contributed by atoms with Crippen molar-refractivity contribution in [3.8, 4) is 17.2 Å². The number of methoxy groups -OCH3 is 1. The van der Waals surface area contributed by atoms with Gasteiger partial charge in [0.05, 0.1) is 31.1 Å². The zero-order valence-corrected chi connectivity index (χ0v) is 19.7. The molecule has 0 amide bonds. The molecular weight excluding hydrogens is 446 g/mol. The number of nitrogens with zero attached hydrogens (tertiary/aromatic N) is 1. The van der Waals surface area contributed by atoms with Gasteiger partial charge in [-0.3, -0.25) is 4.79 Å². The van der Waals surface area contributed by atoms with Crippen molar-refractivity contribution in [1.29, 1.82) is 0 Å². The SMILES string of the molecule is COc1ccc(C)cc1COC(=O)C1CCN(S(=O)(=O)c2ccc3c(c2)OCCCO3)CC1. The van der Waals surface area contributed by atoms with Crippen LogP contribution in [-0.2, 0) is 26.2 Å². The molecule has 0 radical (unpaired) electrons. The van der Waals surface area contributed by atoms with Crippen LogP contribution >= 0.6 is 0 Å². The number of ether oxygens (including phenoxy) is 4. The van der Waals surface area contributed by atoms with E-state index in [9.17, 15) is 13.2 Å². The molecular formula is C24H29NO7S. The Bertz CT molecular complexity index is 1110. The number of aryl methyl sites for hydroxylation is 1. The third-order valence-corrected chi connectivity index (χ3v) is 7.84. The van der Waals surface area contributed by atoms with Crippen molar-refractivity contribution >= 4 is 16.0 Å². The van der Waals surface area contributed by atoms with Crippen LogP contribution in [-0.4, -0.2) is 52.1 Å². The summed E-state index contributed by atoms with van der Waals surface area (Å²) in [5.41, 5.74) is 1.86. The van der Waals surface area contributed by atoms with Crippen molar-refractivity contribution in [2.24, 2.45) is 5.92 Å². The van der Waals surface area contributed by atoms with Gasteiger partial charge in [0.1, 0.15) is 12.4 Å². The molecule has 1 fully saturated rings. The van der Waals surface area contributed by atoms with Crippen LogP contribution in [0.2, 0.25) is 0 Å². The molecule has 0 spiro atoms. The normalized spacial score (nSPS) is 17.3.